The molecule has 0 amide bonds. The number of nitrogens with zero attached hydrogens (tertiary/aromatic N) is 1. The topological polar surface area (TPSA) is 50.2 Å². The summed E-state index contributed by atoms with van der Waals surface area (Å²) in [7, 11) is 0. The number of benzene rings is 1. The Morgan fingerprint density at radius 1 is 1.36 bits per heavy atom. The molecule has 70 valence electrons. The van der Waals surface area contributed by atoms with E-state index in [1.165, 1.54) is 0 Å². The largest absolute Gasteiger partial charge is 0.505 e. The minimum atomic E-state index is -0.0406. The van der Waals surface area contributed by atoms with E-state index in [9.17, 15) is 9.90 Å². The molecule has 1 aromatic heterocycles. The fourth-order valence-electron chi connectivity index (χ4n) is 1.45. The van der Waals surface area contributed by atoms with E-state index >= 15 is 0 Å². The van der Waals surface area contributed by atoms with Gasteiger partial charge < -0.3 is 5.11 Å². The molecule has 1 aromatic carbocycles. The monoisotopic (exact) mass is 187 g/mol. The number of aldehydes is 1. The molecule has 0 spiro atoms. The summed E-state index contributed by atoms with van der Waals surface area (Å²) >= 11 is 0. The normalized spacial score (nSPS) is 10.4. The molecule has 0 bridgehead atoms. The fraction of sp³-hybridized carbons (Fsp3) is 0.0909. The smallest absolute Gasteiger partial charge is 0.153 e. The number of fused-ring (bicyclic) bond motifs is 1. The number of hydrogen-bond acceptors (Lipinski definition) is 3. The van der Waals surface area contributed by atoms with Gasteiger partial charge in [-0.15, -0.1) is 0 Å². The zero-order chi connectivity index (χ0) is 10.1. The molecule has 3 heteroatoms. The number of aromatic nitrogens is 1. The summed E-state index contributed by atoms with van der Waals surface area (Å²) in [6, 6.07) is 5.25. The van der Waals surface area contributed by atoms with Crippen LogP contribution in [0.25, 0.3) is 10.9 Å². The van der Waals surface area contributed by atoms with Gasteiger partial charge in [0.1, 0.15) is 5.52 Å². The van der Waals surface area contributed by atoms with Crippen LogP contribution in [0.1, 0.15) is 15.9 Å². The molecular formula is C11H9NO2. The molecule has 0 aliphatic carbocycles. The fourth-order valence-corrected chi connectivity index (χ4v) is 1.45. The Morgan fingerprint density at radius 3 is 2.86 bits per heavy atom. The highest BCUT2D eigenvalue weighted by molar-refractivity contribution is 5.94. The van der Waals surface area contributed by atoms with Crippen LogP contribution < -0.4 is 0 Å². The molecule has 0 radical (unpaired) electrons. The van der Waals surface area contributed by atoms with Crippen molar-refractivity contribution in [3.8, 4) is 5.75 Å². The maximum absolute atomic E-state index is 10.6. The van der Waals surface area contributed by atoms with Crippen molar-refractivity contribution in [3.05, 3.63) is 35.5 Å². The maximum Gasteiger partial charge on any atom is 0.153 e. The minimum Gasteiger partial charge on any atom is -0.505 e. The van der Waals surface area contributed by atoms with Crippen molar-refractivity contribution in [1.29, 1.82) is 0 Å². The second-order valence-corrected chi connectivity index (χ2v) is 3.15. The number of carbonyl (C=O) groups excluding carboxylic acids is 1. The lowest BCUT2D eigenvalue weighted by Crippen LogP contribution is -1.87. The Labute approximate surface area is 81.0 Å². The quantitative estimate of drug-likeness (QED) is 0.695. The van der Waals surface area contributed by atoms with Crippen molar-refractivity contribution in [1.82, 2.24) is 4.98 Å². The number of phenolic OH excluding ortho intramolecular Hbond substituents is 1. The first-order valence-electron chi connectivity index (χ1n) is 4.26. The molecule has 14 heavy (non-hydrogen) atoms. The van der Waals surface area contributed by atoms with Crippen LogP contribution in [0.15, 0.2) is 24.4 Å². The number of aromatic hydroxyl groups is 1. The van der Waals surface area contributed by atoms with Crippen molar-refractivity contribution < 1.29 is 9.90 Å². The minimum absolute atomic E-state index is 0.0406. The van der Waals surface area contributed by atoms with Gasteiger partial charge in [0.05, 0.1) is 5.56 Å². The first kappa shape index (κ1) is 8.69. The predicted octanol–water partition coefficient (Wildman–Crippen LogP) is 2.06. The van der Waals surface area contributed by atoms with Crippen LogP contribution in [-0.2, 0) is 0 Å². The Bertz CT molecular complexity index is 506. The van der Waals surface area contributed by atoms with Crippen molar-refractivity contribution in [2.75, 3.05) is 0 Å². The van der Waals surface area contributed by atoms with Crippen LogP contribution >= 0.6 is 0 Å². The molecule has 2 aromatic rings. The predicted molar refractivity (Wildman–Crippen MR) is 53.5 cm³/mol. The molecule has 1 N–H and O–H groups in total. The number of aryl methyl sites for hydroxylation is 1. The summed E-state index contributed by atoms with van der Waals surface area (Å²) in [6.45, 7) is 1.93. The van der Waals surface area contributed by atoms with Gasteiger partial charge >= 0.3 is 0 Å². The van der Waals surface area contributed by atoms with Crippen molar-refractivity contribution in [3.63, 3.8) is 0 Å². The van der Waals surface area contributed by atoms with Crippen LogP contribution in [-0.4, -0.2) is 16.4 Å². The van der Waals surface area contributed by atoms with Gasteiger partial charge in [0, 0.05) is 11.6 Å². The van der Waals surface area contributed by atoms with Gasteiger partial charge in [0.25, 0.3) is 0 Å². The molecule has 3 nitrogen and oxygen atoms in total. The van der Waals surface area contributed by atoms with Crippen molar-refractivity contribution in [2.45, 2.75) is 6.92 Å². The van der Waals surface area contributed by atoms with E-state index in [-0.39, 0.29) is 11.3 Å². The van der Waals surface area contributed by atoms with E-state index in [0.29, 0.717) is 11.8 Å². The molecular weight excluding hydrogens is 178 g/mol. The highest BCUT2D eigenvalue weighted by atomic mass is 16.3. The van der Waals surface area contributed by atoms with Gasteiger partial charge in [0.15, 0.2) is 12.0 Å². The average molecular weight is 187 g/mol. The lowest BCUT2D eigenvalue weighted by molar-refractivity contribution is 0.112. The summed E-state index contributed by atoms with van der Waals surface area (Å²) in [5.41, 5.74) is 1.79. The number of hydrogen-bond donors (Lipinski definition) is 1. The number of rotatable bonds is 1. The van der Waals surface area contributed by atoms with Gasteiger partial charge in [-0.05, 0) is 24.6 Å². The molecule has 0 unspecified atom stereocenters. The molecule has 1 heterocycles. The van der Waals surface area contributed by atoms with Crippen molar-refractivity contribution in [2.24, 2.45) is 0 Å². The zero-order valence-electron chi connectivity index (χ0n) is 7.69. The molecule has 0 aliphatic heterocycles. The summed E-state index contributed by atoms with van der Waals surface area (Å²) in [4.78, 5) is 14.6. The number of carbonyl (C=O) groups is 1. The Balaban J connectivity index is 2.90. The van der Waals surface area contributed by atoms with Gasteiger partial charge in [-0.3, -0.25) is 9.78 Å². The van der Waals surface area contributed by atoms with Gasteiger partial charge in [-0.2, -0.15) is 0 Å². The summed E-state index contributed by atoms with van der Waals surface area (Å²) in [5.74, 6) is -0.0406. The van der Waals surface area contributed by atoms with Gasteiger partial charge in [-0.1, -0.05) is 6.07 Å². The van der Waals surface area contributed by atoms with E-state index < -0.39 is 0 Å². The first-order valence-corrected chi connectivity index (χ1v) is 4.26. The summed E-state index contributed by atoms with van der Waals surface area (Å²) in [6.07, 6.45) is 2.24. The Morgan fingerprint density at radius 2 is 2.14 bits per heavy atom. The van der Waals surface area contributed by atoms with Gasteiger partial charge in [-0.25, -0.2) is 0 Å². The molecule has 0 aliphatic rings. The van der Waals surface area contributed by atoms with Gasteiger partial charge in [0.2, 0.25) is 0 Å². The van der Waals surface area contributed by atoms with Crippen LogP contribution in [0.2, 0.25) is 0 Å². The van der Waals surface area contributed by atoms with Crippen LogP contribution in [0, 0.1) is 6.92 Å². The van der Waals surface area contributed by atoms with Crippen LogP contribution in [0.3, 0.4) is 0 Å². The third-order valence-corrected chi connectivity index (χ3v) is 2.26. The van der Waals surface area contributed by atoms with Crippen LogP contribution in [0.4, 0.5) is 0 Å². The third-order valence-electron chi connectivity index (χ3n) is 2.26. The second kappa shape index (κ2) is 3.10. The third kappa shape index (κ3) is 1.14. The number of phenols is 1. The highest BCUT2D eigenvalue weighted by Crippen LogP contribution is 2.27. The molecule has 2 rings (SSSR count). The van der Waals surface area contributed by atoms with Crippen LogP contribution in [0.5, 0.6) is 5.75 Å². The molecule has 0 fully saturated rings. The van der Waals surface area contributed by atoms with Crippen molar-refractivity contribution >= 4 is 17.2 Å². The number of pyridine rings is 1. The first-order chi connectivity index (χ1) is 6.74. The zero-order valence-corrected chi connectivity index (χ0v) is 7.69. The SMILES string of the molecule is Cc1ccnc2c(O)c(C=O)ccc12. The highest BCUT2D eigenvalue weighted by Gasteiger charge is 2.07. The Hall–Kier alpha value is -1.90. The molecule has 0 saturated carbocycles. The second-order valence-electron chi connectivity index (χ2n) is 3.15. The standard InChI is InChI=1S/C11H9NO2/c1-7-4-5-12-10-9(7)3-2-8(6-13)11(10)14/h2-6,14H,1H3. The maximum atomic E-state index is 10.6. The van der Waals surface area contributed by atoms with E-state index in [2.05, 4.69) is 4.98 Å². The lowest BCUT2D eigenvalue weighted by atomic mass is 10.1. The summed E-state index contributed by atoms with van der Waals surface area (Å²) in [5, 5.41) is 10.6. The summed E-state index contributed by atoms with van der Waals surface area (Å²) < 4.78 is 0. The average Bonchev–Trinajstić information content (AvgIpc) is 2.20. The molecule has 0 saturated heterocycles. The van der Waals surface area contributed by atoms with E-state index in [1.807, 2.05) is 13.0 Å². The lowest BCUT2D eigenvalue weighted by Gasteiger charge is -2.04. The Kier molecular flexibility index (Phi) is 1.93. The van der Waals surface area contributed by atoms with E-state index in [0.717, 1.165) is 10.9 Å². The van der Waals surface area contributed by atoms with E-state index in [4.69, 9.17) is 0 Å². The molecule has 0 atom stereocenters. The van der Waals surface area contributed by atoms with E-state index in [1.54, 1.807) is 18.3 Å².